The summed E-state index contributed by atoms with van der Waals surface area (Å²) in [5.41, 5.74) is -0.404. The number of alkyl halides is 3. The van der Waals surface area contributed by atoms with Crippen molar-refractivity contribution in [2.24, 2.45) is 0 Å². The molecule has 3 aromatic rings. The van der Waals surface area contributed by atoms with Crippen LogP contribution in [0.4, 0.5) is 32.4 Å². The van der Waals surface area contributed by atoms with Gasteiger partial charge in [-0.15, -0.1) is 0 Å². The van der Waals surface area contributed by atoms with Crippen LogP contribution in [-0.4, -0.2) is 43.6 Å². The average molecular weight is 482 g/mol. The third-order valence-corrected chi connectivity index (χ3v) is 5.71. The van der Waals surface area contributed by atoms with Gasteiger partial charge < -0.3 is 5.11 Å². The zero-order chi connectivity index (χ0) is 24.7. The number of carbonyl (C=O) groups is 1. The number of rotatable bonds is 6. The predicted molar refractivity (Wildman–Crippen MR) is 109 cm³/mol. The van der Waals surface area contributed by atoms with Crippen molar-refractivity contribution in [3.8, 4) is 0 Å². The summed E-state index contributed by atoms with van der Waals surface area (Å²) in [5, 5.41) is 16.9. The van der Waals surface area contributed by atoms with Crippen molar-refractivity contribution in [1.29, 1.82) is 0 Å². The number of anilines is 1. The SMILES string of the molecule is C[C@@H](N1CN(c2ccc(C(F)(F)F)cc2)C(=O)N1)[C@](O)(Cn1cncn1)c1ccc(F)cc1F. The Hall–Kier alpha value is -3.58. The van der Waals surface area contributed by atoms with Crippen molar-refractivity contribution < 1.29 is 31.9 Å². The maximum absolute atomic E-state index is 14.7. The fraction of sp³-hybridized carbons (Fsp3) is 0.286. The van der Waals surface area contributed by atoms with E-state index in [1.807, 2.05) is 0 Å². The Morgan fingerprint density at radius 2 is 1.85 bits per heavy atom. The van der Waals surface area contributed by atoms with E-state index in [4.69, 9.17) is 0 Å². The van der Waals surface area contributed by atoms with Gasteiger partial charge in [0.25, 0.3) is 0 Å². The van der Waals surface area contributed by atoms with Gasteiger partial charge >= 0.3 is 12.2 Å². The van der Waals surface area contributed by atoms with E-state index < -0.39 is 41.0 Å². The molecule has 0 bridgehead atoms. The van der Waals surface area contributed by atoms with Crippen LogP contribution in [0.2, 0.25) is 0 Å². The van der Waals surface area contributed by atoms with Crippen LogP contribution in [0.1, 0.15) is 18.1 Å². The molecule has 0 spiro atoms. The molecule has 0 aliphatic carbocycles. The Morgan fingerprint density at radius 1 is 1.15 bits per heavy atom. The van der Waals surface area contributed by atoms with Crippen molar-refractivity contribution in [3.05, 3.63) is 77.9 Å². The number of benzene rings is 2. The number of halogens is 5. The molecule has 2 heterocycles. The van der Waals surface area contributed by atoms with E-state index >= 15 is 0 Å². The molecule has 1 aromatic heterocycles. The summed E-state index contributed by atoms with van der Waals surface area (Å²) >= 11 is 0. The standard InChI is InChI=1S/C21H19F5N6O2/c1-13(20(34,9-30-11-27-10-28-30)17-7-4-15(22)8-18(17)23)32-12-31(19(33)29-32)16-5-2-14(3-6-16)21(24,25)26/h2-8,10-11,13,34H,9,12H2,1H3,(H,29,33)/t13-,20-/m1/s1. The summed E-state index contributed by atoms with van der Waals surface area (Å²) in [4.78, 5) is 17.5. The average Bonchev–Trinajstić information content (AvgIpc) is 3.42. The van der Waals surface area contributed by atoms with Gasteiger partial charge in [0.05, 0.1) is 24.8 Å². The van der Waals surface area contributed by atoms with Crippen LogP contribution in [0.25, 0.3) is 0 Å². The molecule has 1 aliphatic heterocycles. The first-order valence-corrected chi connectivity index (χ1v) is 10.0. The summed E-state index contributed by atoms with van der Waals surface area (Å²) in [6, 6.07) is 5.07. The Kier molecular flexibility index (Phi) is 6.00. The molecule has 180 valence electrons. The largest absolute Gasteiger partial charge is 0.416 e. The van der Waals surface area contributed by atoms with Crippen LogP contribution in [0, 0.1) is 11.6 Å². The van der Waals surface area contributed by atoms with E-state index in [1.54, 1.807) is 0 Å². The second kappa shape index (κ2) is 8.65. The van der Waals surface area contributed by atoms with E-state index in [0.29, 0.717) is 6.07 Å². The van der Waals surface area contributed by atoms with Crippen LogP contribution >= 0.6 is 0 Å². The fourth-order valence-corrected chi connectivity index (χ4v) is 3.79. The number of carbonyl (C=O) groups excluding carboxylic acids is 1. The summed E-state index contributed by atoms with van der Waals surface area (Å²) in [5.74, 6) is -1.83. The lowest BCUT2D eigenvalue weighted by Crippen LogP contribution is -2.54. The number of amides is 2. The first-order valence-electron chi connectivity index (χ1n) is 10.0. The molecule has 2 amide bonds. The molecule has 34 heavy (non-hydrogen) atoms. The Labute approximate surface area is 190 Å². The van der Waals surface area contributed by atoms with Gasteiger partial charge in [-0.2, -0.15) is 23.3 Å². The first-order chi connectivity index (χ1) is 16.0. The van der Waals surface area contributed by atoms with Crippen molar-refractivity contribution >= 4 is 11.7 Å². The predicted octanol–water partition coefficient (Wildman–Crippen LogP) is 3.26. The third-order valence-electron chi connectivity index (χ3n) is 5.71. The minimum absolute atomic E-state index is 0.173. The second-order valence-corrected chi connectivity index (χ2v) is 7.82. The van der Waals surface area contributed by atoms with Crippen molar-refractivity contribution in [3.63, 3.8) is 0 Å². The summed E-state index contributed by atoms with van der Waals surface area (Å²) in [7, 11) is 0. The fourth-order valence-electron chi connectivity index (χ4n) is 3.79. The molecule has 4 rings (SSSR count). The minimum Gasteiger partial charge on any atom is -0.381 e. The van der Waals surface area contributed by atoms with Crippen LogP contribution < -0.4 is 10.3 Å². The second-order valence-electron chi connectivity index (χ2n) is 7.82. The lowest BCUT2D eigenvalue weighted by molar-refractivity contribution is -0.137. The lowest BCUT2D eigenvalue weighted by Gasteiger charge is -2.38. The van der Waals surface area contributed by atoms with E-state index in [0.717, 1.165) is 41.3 Å². The number of hydrazine groups is 1. The van der Waals surface area contributed by atoms with Crippen molar-refractivity contribution in [2.45, 2.75) is 31.3 Å². The van der Waals surface area contributed by atoms with Gasteiger partial charge in [-0.25, -0.2) is 23.2 Å². The number of urea groups is 1. The Balaban J connectivity index is 1.63. The summed E-state index contributed by atoms with van der Waals surface area (Å²) < 4.78 is 68.0. The summed E-state index contributed by atoms with van der Waals surface area (Å²) in [6.07, 6.45) is -2.00. The van der Waals surface area contributed by atoms with Crippen molar-refractivity contribution in [2.75, 3.05) is 11.6 Å². The molecule has 8 nitrogen and oxygen atoms in total. The van der Waals surface area contributed by atoms with Gasteiger partial charge in [-0.05, 0) is 37.3 Å². The monoisotopic (exact) mass is 482 g/mol. The van der Waals surface area contributed by atoms with Gasteiger partial charge in [-0.3, -0.25) is 10.3 Å². The number of aliphatic hydroxyl groups is 1. The number of hydrogen-bond donors (Lipinski definition) is 2. The quantitative estimate of drug-likeness (QED) is 0.527. The van der Waals surface area contributed by atoms with Crippen molar-refractivity contribution in [1.82, 2.24) is 25.2 Å². The van der Waals surface area contributed by atoms with E-state index in [1.165, 1.54) is 29.3 Å². The number of hydrogen-bond acceptors (Lipinski definition) is 5. The molecule has 1 saturated heterocycles. The van der Waals surface area contributed by atoms with E-state index in [9.17, 15) is 31.9 Å². The van der Waals surface area contributed by atoms with Crippen LogP contribution in [0.5, 0.6) is 0 Å². The topological polar surface area (TPSA) is 86.5 Å². The number of nitrogens with zero attached hydrogens (tertiary/aromatic N) is 5. The van der Waals surface area contributed by atoms with E-state index in [-0.39, 0.29) is 24.5 Å². The number of aromatic nitrogens is 3. The van der Waals surface area contributed by atoms with Crippen LogP contribution in [-0.2, 0) is 18.3 Å². The highest BCUT2D eigenvalue weighted by atomic mass is 19.4. The van der Waals surface area contributed by atoms with Gasteiger partial charge in [0, 0.05) is 17.3 Å². The highest BCUT2D eigenvalue weighted by Gasteiger charge is 2.45. The molecular weight excluding hydrogens is 463 g/mol. The smallest absolute Gasteiger partial charge is 0.381 e. The number of nitrogens with one attached hydrogen (secondary N) is 1. The highest BCUT2D eigenvalue weighted by Crippen LogP contribution is 2.35. The van der Waals surface area contributed by atoms with Gasteiger partial charge in [0.15, 0.2) is 0 Å². The van der Waals surface area contributed by atoms with Gasteiger partial charge in [0.1, 0.15) is 29.9 Å². The first kappa shape index (κ1) is 23.6. The molecule has 13 heteroatoms. The normalized spacial score (nSPS) is 17.5. The molecule has 0 unspecified atom stereocenters. The molecular formula is C21H19F5N6O2. The molecule has 2 aromatic carbocycles. The molecule has 0 saturated carbocycles. The van der Waals surface area contributed by atoms with E-state index in [2.05, 4.69) is 15.5 Å². The van der Waals surface area contributed by atoms with Crippen LogP contribution in [0.15, 0.2) is 55.1 Å². The molecule has 2 N–H and O–H groups in total. The zero-order valence-electron chi connectivity index (χ0n) is 17.7. The maximum Gasteiger partial charge on any atom is 0.416 e. The van der Waals surface area contributed by atoms with Crippen LogP contribution in [0.3, 0.4) is 0 Å². The molecule has 2 atom stereocenters. The molecule has 1 fully saturated rings. The highest BCUT2D eigenvalue weighted by molar-refractivity contribution is 5.93. The Bertz CT molecular complexity index is 1170. The Morgan fingerprint density at radius 3 is 2.44 bits per heavy atom. The third kappa shape index (κ3) is 4.43. The van der Waals surface area contributed by atoms with Gasteiger partial charge in [0.2, 0.25) is 0 Å². The van der Waals surface area contributed by atoms with Gasteiger partial charge in [-0.1, -0.05) is 6.07 Å². The summed E-state index contributed by atoms with van der Waals surface area (Å²) in [6.45, 7) is 1.05. The zero-order valence-corrected chi connectivity index (χ0v) is 17.7. The maximum atomic E-state index is 14.7. The lowest BCUT2D eigenvalue weighted by atomic mass is 9.86. The molecule has 1 aliphatic rings. The minimum atomic E-state index is -4.52. The molecule has 0 radical (unpaired) electrons.